The first-order valence-corrected chi connectivity index (χ1v) is 6.46. The fourth-order valence-electron chi connectivity index (χ4n) is 1.47. The van der Waals surface area contributed by atoms with Crippen molar-refractivity contribution in [3.05, 3.63) is 64.6 Å². The number of carbonyl (C=O) groups is 1. The van der Waals surface area contributed by atoms with Crippen LogP contribution >= 0.6 is 15.9 Å². The number of nitrogens with one attached hydrogen (secondary N) is 1. The van der Waals surface area contributed by atoms with E-state index >= 15 is 0 Å². The minimum Gasteiger partial charge on any atom is -0.508 e. The van der Waals surface area contributed by atoms with E-state index in [4.69, 9.17) is 5.11 Å². The van der Waals surface area contributed by atoms with Crippen LogP contribution in [0.15, 0.2) is 59.1 Å². The van der Waals surface area contributed by atoms with Gasteiger partial charge in [0.2, 0.25) is 5.91 Å². The summed E-state index contributed by atoms with van der Waals surface area (Å²) in [6, 6.07) is 14.0. The van der Waals surface area contributed by atoms with Crippen molar-refractivity contribution in [3.8, 4) is 5.75 Å². The Balaban J connectivity index is 1.97. The lowest BCUT2D eigenvalue weighted by atomic mass is 10.2. The lowest BCUT2D eigenvalue weighted by Gasteiger charge is -2.01. The summed E-state index contributed by atoms with van der Waals surface area (Å²) in [5.41, 5.74) is 1.59. The van der Waals surface area contributed by atoms with E-state index in [2.05, 4.69) is 21.2 Å². The molecule has 0 bridgehead atoms. The van der Waals surface area contributed by atoms with Crippen LogP contribution in [0.3, 0.4) is 0 Å². The summed E-state index contributed by atoms with van der Waals surface area (Å²) < 4.78 is 0.963. The minimum absolute atomic E-state index is 0.199. The Kier molecular flexibility index (Phi) is 4.36. The summed E-state index contributed by atoms with van der Waals surface area (Å²) in [4.78, 5) is 11.7. The topological polar surface area (TPSA) is 49.3 Å². The number of hydrogen-bond donors (Lipinski definition) is 2. The molecule has 19 heavy (non-hydrogen) atoms. The van der Waals surface area contributed by atoms with Gasteiger partial charge in [-0.15, -0.1) is 0 Å². The van der Waals surface area contributed by atoms with Gasteiger partial charge in [-0.1, -0.05) is 28.1 Å². The average Bonchev–Trinajstić information content (AvgIpc) is 2.41. The number of phenols is 1. The molecule has 2 N–H and O–H groups in total. The second kappa shape index (κ2) is 6.20. The fraction of sp³-hybridized carbons (Fsp3) is 0. The van der Waals surface area contributed by atoms with Gasteiger partial charge in [0.1, 0.15) is 5.75 Å². The number of aromatic hydroxyl groups is 1. The van der Waals surface area contributed by atoms with E-state index in [-0.39, 0.29) is 11.7 Å². The normalized spacial score (nSPS) is 10.6. The molecule has 4 heteroatoms. The van der Waals surface area contributed by atoms with E-state index in [0.29, 0.717) is 0 Å². The van der Waals surface area contributed by atoms with Crippen LogP contribution in [0.25, 0.3) is 6.08 Å². The highest BCUT2D eigenvalue weighted by molar-refractivity contribution is 9.10. The molecular formula is C15H12BrNO2. The second-order valence-corrected chi connectivity index (χ2v) is 4.84. The zero-order chi connectivity index (χ0) is 13.7. The zero-order valence-electron chi connectivity index (χ0n) is 10.0. The van der Waals surface area contributed by atoms with E-state index in [1.807, 2.05) is 24.3 Å². The Bertz CT molecular complexity index is 589. The zero-order valence-corrected chi connectivity index (χ0v) is 11.6. The van der Waals surface area contributed by atoms with Crippen LogP contribution in [0.1, 0.15) is 5.56 Å². The predicted octanol–water partition coefficient (Wildman–Crippen LogP) is 3.81. The standard InChI is InChI=1S/C15H12BrNO2/c16-12-4-6-13(7-5-12)17-15(19)10-3-11-1-8-14(18)9-2-11/h1-10,18H,(H,17,19)/b10-3+. The van der Waals surface area contributed by atoms with E-state index in [0.717, 1.165) is 15.7 Å². The quantitative estimate of drug-likeness (QED) is 0.846. The Hall–Kier alpha value is -2.07. The lowest BCUT2D eigenvalue weighted by Crippen LogP contribution is -2.07. The summed E-state index contributed by atoms with van der Waals surface area (Å²) in [6.45, 7) is 0. The molecule has 2 rings (SSSR count). The molecule has 0 fully saturated rings. The van der Waals surface area contributed by atoms with Gasteiger partial charge < -0.3 is 10.4 Å². The molecule has 2 aromatic rings. The second-order valence-electron chi connectivity index (χ2n) is 3.92. The van der Waals surface area contributed by atoms with Crippen molar-refractivity contribution >= 4 is 33.6 Å². The maximum absolute atomic E-state index is 11.7. The predicted molar refractivity (Wildman–Crippen MR) is 79.9 cm³/mol. The molecule has 0 radical (unpaired) electrons. The highest BCUT2D eigenvalue weighted by Crippen LogP contribution is 2.14. The van der Waals surface area contributed by atoms with Crippen LogP contribution in [0, 0.1) is 0 Å². The van der Waals surface area contributed by atoms with Gasteiger partial charge in [0.15, 0.2) is 0 Å². The number of rotatable bonds is 3. The maximum Gasteiger partial charge on any atom is 0.248 e. The highest BCUT2D eigenvalue weighted by Gasteiger charge is 1.97. The smallest absolute Gasteiger partial charge is 0.248 e. The number of halogens is 1. The van der Waals surface area contributed by atoms with Crippen LogP contribution in [0.2, 0.25) is 0 Å². The number of benzene rings is 2. The Morgan fingerprint density at radius 2 is 1.68 bits per heavy atom. The van der Waals surface area contributed by atoms with Gasteiger partial charge in [-0.25, -0.2) is 0 Å². The first-order valence-electron chi connectivity index (χ1n) is 5.67. The van der Waals surface area contributed by atoms with E-state index in [9.17, 15) is 4.79 Å². The van der Waals surface area contributed by atoms with Gasteiger partial charge >= 0.3 is 0 Å². The van der Waals surface area contributed by atoms with Crippen molar-refractivity contribution in [2.24, 2.45) is 0 Å². The molecule has 0 atom stereocenters. The molecule has 0 aliphatic heterocycles. The van der Waals surface area contributed by atoms with Gasteiger partial charge in [-0.3, -0.25) is 4.79 Å². The monoisotopic (exact) mass is 317 g/mol. The van der Waals surface area contributed by atoms with Gasteiger partial charge in [0.05, 0.1) is 0 Å². The molecule has 0 heterocycles. The van der Waals surface area contributed by atoms with E-state index in [1.54, 1.807) is 30.3 Å². The molecule has 0 aliphatic rings. The van der Waals surface area contributed by atoms with E-state index < -0.39 is 0 Å². The summed E-state index contributed by atoms with van der Waals surface area (Å²) >= 11 is 3.33. The largest absolute Gasteiger partial charge is 0.508 e. The van der Waals surface area contributed by atoms with Crippen LogP contribution < -0.4 is 5.32 Å². The molecule has 2 aromatic carbocycles. The van der Waals surface area contributed by atoms with Crippen molar-refractivity contribution in [2.45, 2.75) is 0 Å². The van der Waals surface area contributed by atoms with Crippen molar-refractivity contribution in [3.63, 3.8) is 0 Å². The van der Waals surface area contributed by atoms with Crippen LogP contribution in [0.5, 0.6) is 5.75 Å². The molecule has 0 saturated heterocycles. The van der Waals surface area contributed by atoms with Gasteiger partial charge in [-0.2, -0.15) is 0 Å². The molecular weight excluding hydrogens is 306 g/mol. The molecule has 0 aliphatic carbocycles. The number of carbonyl (C=O) groups excluding carboxylic acids is 1. The first-order chi connectivity index (χ1) is 9.13. The van der Waals surface area contributed by atoms with Crippen molar-refractivity contribution in [1.82, 2.24) is 0 Å². The SMILES string of the molecule is O=C(/C=C/c1ccc(O)cc1)Nc1ccc(Br)cc1. The number of anilines is 1. The molecule has 0 saturated carbocycles. The summed E-state index contributed by atoms with van der Waals surface area (Å²) in [7, 11) is 0. The average molecular weight is 318 g/mol. The van der Waals surface area contributed by atoms with Crippen molar-refractivity contribution < 1.29 is 9.90 Å². The summed E-state index contributed by atoms with van der Waals surface area (Å²) in [5, 5.41) is 11.9. The van der Waals surface area contributed by atoms with Crippen molar-refractivity contribution in [2.75, 3.05) is 5.32 Å². The fourth-order valence-corrected chi connectivity index (χ4v) is 1.74. The Morgan fingerprint density at radius 1 is 1.05 bits per heavy atom. The maximum atomic E-state index is 11.7. The molecule has 0 aromatic heterocycles. The Morgan fingerprint density at radius 3 is 2.32 bits per heavy atom. The molecule has 1 amide bonds. The lowest BCUT2D eigenvalue weighted by molar-refractivity contribution is -0.111. The molecule has 0 unspecified atom stereocenters. The summed E-state index contributed by atoms with van der Waals surface area (Å²) in [6.07, 6.45) is 3.14. The summed E-state index contributed by atoms with van der Waals surface area (Å²) in [5.74, 6) is 0.00635. The van der Waals surface area contributed by atoms with Gasteiger partial charge in [0.25, 0.3) is 0 Å². The molecule has 96 valence electrons. The third kappa shape index (κ3) is 4.26. The van der Waals surface area contributed by atoms with Gasteiger partial charge in [0, 0.05) is 16.2 Å². The molecule has 0 spiro atoms. The van der Waals surface area contributed by atoms with Crippen LogP contribution in [-0.2, 0) is 4.79 Å². The van der Waals surface area contributed by atoms with Crippen molar-refractivity contribution in [1.29, 1.82) is 0 Å². The number of amides is 1. The first kappa shape index (κ1) is 13.4. The minimum atomic E-state index is -0.199. The van der Waals surface area contributed by atoms with E-state index in [1.165, 1.54) is 6.08 Å². The number of phenolic OH excluding ortho intramolecular Hbond substituents is 1. The number of hydrogen-bond acceptors (Lipinski definition) is 2. The van der Waals surface area contributed by atoms with Crippen LogP contribution in [0.4, 0.5) is 5.69 Å². The van der Waals surface area contributed by atoms with Crippen LogP contribution in [-0.4, -0.2) is 11.0 Å². The highest BCUT2D eigenvalue weighted by atomic mass is 79.9. The molecule has 3 nitrogen and oxygen atoms in total. The third-order valence-electron chi connectivity index (χ3n) is 2.43. The third-order valence-corrected chi connectivity index (χ3v) is 2.96. The Labute approximate surface area is 119 Å². The van der Waals surface area contributed by atoms with Gasteiger partial charge in [-0.05, 0) is 48.0 Å².